The molecule has 0 unspecified atom stereocenters. The Morgan fingerprint density at radius 2 is 1.77 bits per heavy atom. The molecule has 3 rings (SSSR count). The summed E-state index contributed by atoms with van der Waals surface area (Å²) >= 11 is 12.9. The van der Waals surface area contributed by atoms with Crippen molar-refractivity contribution in [2.45, 2.75) is 39.3 Å². The SMILES string of the molecule is CC(C)(C)N(Cc1ccccc1)C(=O)CCN1C(=O)/C(=C\c2ccccc2Cl)SC1=S. The van der Waals surface area contributed by atoms with Gasteiger partial charge in [-0.2, -0.15) is 0 Å². The van der Waals surface area contributed by atoms with Crippen molar-refractivity contribution < 1.29 is 9.59 Å². The second-order valence-corrected chi connectivity index (χ2v) is 10.3. The maximum atomic E-state index is 13.1. The molecule has 7 heteroatoms. The number of thiocarbonyl (C=S) groups is 1. The molecule has 1 aliphatic rings. The Balaban J connectivity index is 1.69. The Morgan fingerprint density at radius 3 is 2.42 bits per heavy atom. The van der Waals surface area contributed by atoms with Gasteiger partial charge in [-0.05, 0) is 44.0 Å². The molecule has 1 heterocycles. The molecule has 0 saturated carbocycles. The molecule has 4 nitrogen and oxygen atoms in total. The van der Waals surface area contributed by atoms with Gasteiger partial charge in [0.15, 0.2) is 0 Å². The highest BCUT2D eigenvalue weighted by Crippen LogP contribution is 2.34. The fourth-order valence-corrected chi connectivity index (χ4v) is 4.72. The topological polar surface area (TPSA) is 40.6 Å². The summed E-state index contributed by atoms with van der Waals surface area (Å²) in [6.07, 6.45) is 1.95. The molecule has 0 bridgehead atoms. The van der Waals surface area contributed by atoms with Crippen molar-refractivity contribution in [3.63, 3.8) is 0 Å². The third-order valence-corrected chi connectivity index (χ3v) is 6.63. The number of thioether (sulfide) groups is 1. The largest absolute Gasteiger partial charge is 0.333 e. The van der Waals surface area contributed by atoms with Crippen LogP contribution in [0.15, 0.2) is 59.5 Å². The molecule has 0 atom stereocenters. The van der Waals surface area contributed by atoms with Gasteiger partial charge in [0.2, 0.25) is 5.91 Å². The van der Waals surface area contributed by atoms with Crippen LogP contribution in [0.3, 0.4) is 0 Å². The van der Waals surface area contributed by atoms with E-state index in [2.05, 4.69) is 0 Å². The normalized spacial score (nSPS) is 15.6. The van der Waals surface area contributed by atoms with E-state index in [0.717, 1.165) is 11.1 Å². The van der Waals surface area contributed by atoms with Gasteiger partial charge in [0, 0.05) is 30.1 Å². The minimum atomic E-state index is -0.341. The predicted molar refractivity (Wildman–Crippen MR) is 133 cm³/mol. The standard InChI is InChI=1S/C24H25ClN2O2S2/c1-24(2,3)27(16-17-9-5-4-6-10-17)21(28)13-14-26-22(29)20(31-23(26)30)15-18-11-7-8-12-19(18)25/h4-12,15H,13-14,16H2,1-3H3/b20-15+. The van der Waals surface area contributed by atoms with Crippen molar-refractivity contribution in [1.29, 1.82) is 0 Å². The van der Waals surface area contributed by atoms with Crippen LogP contribution in [0.25, 0.3) is 6.08 Å². The van der Waals surface area contributed by atoms with Crippen molar-refractivity contribution in [3.8, 4) is 0 Å². The summed E-state index contributed by atoms with van der Waals surface area (Å²) in [7, 11) is 0. The van der Waals surface area contributed by atoms with E-state index in [0.29, 0.717) is 20.8 Å². The molecule has 1 fully saturated rings. The van der Waals surface area contributed by atoms with Gasteiger partial charge in [-0.15, -0.1) is 0 Å². The molecule has 0 radical (unpaired) electrons. The zero-order valence-electron chi connectivity index (χ0n) is 17.8. The minimum Gasteiger partial charge on any atom is -0.333 e. The fraction of sp³-hybridized carbons (Fsp3) is 0.292. The van der Waals surface area contributed by atoms with E-state index in [1.165, 1.54) is 16.7 Å². The van der Waals surface area contributed by atoms with Crippen LogP contribution in [-0.4, -0.2) is 38.0 Å². The third kappa shape index (κ3) is 5.97. The molecule has 0 aliphatic carbocycles. The number of amides is 2. The summed E-state index contributed by atoms with van der Waals surface area (Å²) < 4.78 is 0.460. The van der Waals surface area contributed by atoms with E-state index < -0.39 is 0 Å². The summed E-state index contributed by atoms with van der Waals surface area (Å²) in [5.41, 5.74) is 1.49. The minimum absolute atomic E-state index is 0.0134. The number of hydrogen-bond acceptors (Lipinski definition) is 4. The van der Waals surface area contributed by atoms with Crippen LogP contribution >= 0.6 is 35.6 Å². The summed E-state index contributed by atoms with van der Waals surface area (Å²) in [6, 6.07) is 17.2. The van der Waals surface area contributed by atoms with Gasteiger partial charge in [0.1, 0.15) is 4.32 Å². The van der Waals surface area contributed by atoms with Gasteiger partial charge in [-0.25, -0.2) is 0 Å². The Kier molecular flexibility index (Phi) is 7.57. The van der Waals surface area contributed by atoms with Crippen molar-refractivity contribution in [2.24, 2.45) is 0 Å². The van der Waals surface area contributed by atoms with E-state index in [-0.39, 0.29) is 30.3 Å². The predicted octanol–water partition coefficient (Wildman–Crippen LogP) is 5.76. The molecule has 2 aromatic carbocycles. The molecule has 0 spiro atoms. The Hall–Kier alpha value is -2.15. The highest BCUT2D eigenvalue weighted by molar-refractivity contribution is 8.26. The van der Waals surface area contributed by atoms with E-state index in [1.807, 2.05) is 74.2 Å². The van der Waals surface area contributed by atoms with E-state index in [4.69, 9.17) is 23.8 Å². The van der Waals surface area contributed by atoms with Gasteiger partial charge in [0.25, 0.3) is 5.91 Å². The van der Waals surface area contributed by atoms with Crippen LogP contribution in [0.2, 0.25) is 5.02 Å². The summed E-state index contributed by atoms with van der Waals surface area (Å²) in [5, 5.41) is 0.574. The summed E-state index contributed by atoms with van der Waals surface area (Å²) in [5.74, 6) is -0.200. The van der Waals surface area contributed by atoms with Gasteiger partial charge in [-0.1, -0.05) is 84.1 Å². The lowest BCUT2D eigenvalue weighted by Crippen LogP contribution is -2.46. The average molecular weight is 473 g/mol. The van der Waals surface area contributed by atoms with Crippen LogP contribution in [-0.2, 0) is 16.1 Å². The maximum Gasteiger partial charge on any atom is 0.266 e. The molecule has 2 amide bonds. The van der Waals surface area contributed by atoms with Gasteiger partial charge >= 0.3 is 0 Å². The first kappa shape index (κ1) is 23.5. The molecule has 1 saturated heterocycles. The summed E-state index contributed by atoms with van der Waals surface area (Å²) in [6.45, 7) is 6.82. The van der Waals surface area contributed by atoms with Crippen molar-refractivity contribution >= 4 is 57.8 Å². The van der Waals surface area contributed by atoms with Crippen LogP contribution in [0.4, 0.5) is 0 Å². The molecule has 1 aliphatic heterocycles. The molecule has 162 valence electrons. The van der Waals surface area contributed by atoms with E-state index in [1.54, 1.807) is 12.1 Å². The summed E-state index contributed by atoms with van der Waals surface area (Å²) in [4.78, 5) is 29.8. The van der Waals surface area contributed by atoms with Crippen LogP contribution in [0.1, 0.15) is 38.3 Å². The quantitative estimate of drug-likeness (QED) is 0.396. The van der Waals surface area contributed by atoms with Crippen LogP contribution in [0.5, 0.6) is 0 Å². The maximum absolute atomic E-state index is 13.1. The lowest BCUT2D eigenvalue weighted by Gasteiger charge is -2.36. The zero-order valence-corrected chi connectivity index (χ0v) is 20.2. The number of carbonyl (C=O) groups excluding carboxylic acids is 2. The number of halogens is 1. The molecule has 0 N–H and O–H groups in total. The van der Waals surface area contributed by atoms with Gasteiger partial charge in [-0.3, -0.25) is 14.5 Å². The average Bonchev–Trinajstić information content (AvgIpc) is 2.98. The highest BCUT2D eigenvalue weighted by Gasteiger charge is 2.33. The van der Waals surface area contributed by atoms with Crippen LogP contribution in [0, 0.1) is 0 Å². The highest BCUT2D eigenvalue weighted by atomic mass is 35.5. The lowest BCUT2D eigenvalue weighted by atomic mass is 10.0. The first-order valence-corrected chi connectivity index (χ1v) is 11.6. The Morgan fingerprint density at radius 1 is 1.13 bits per heavy atom. The lowest BCUT2D eigenvalue weighted by molar-refractivity contribution is -0.137. The number of rotatable bonds is 6. The fourth-order valence-electron chi connectivity index (χ4n) is 3.23. The second kappa shape index (κ2) is 9.98. The Labute approximate surface area is 198 Å². The number of nitrogens with zero attached hydrogens (tertiary/aromatic N) is 2. The van der Waals surface area contributed by atoms with E-state index >= 15 is 0 Å². The number of carbonyl (C=O) groups is 2. The van der Waals surface area contributed by atoms with Gasteiger partial charge in [0.05, 0.1) is 4.91 Å². The third-order valence-electron chi connectivity index (χ3n) is 4.91. The van der Waals surface area contributed by atoms with Crippen LogP contribution < -0.4 is 0 Å². The Bertz CT molecular complexity index is 1020. The first-order chi connectivity index (χ1) is 14.7. The van der Waals surface area contributed by atoms with Gasteiger partial charge < -0.3 is 4.90 Å². The molecule has 0 aromatic heterocycles. The second-order valence-electron chi connectivity index (χ2n) is 8.24. The molecule has 31 heavy (non-hydrogen) atoms. The smallest absolute Gasteiger partial charge is 0.266 e. The first-order valence-electron chi connectivity index (χ1n) is 10.0. The van der Waals surface area contributed by atoms with Crippen molar-refractivity contribution in [3.05, 3.63) is 75.7 Å². The number of hydrogen-bond donors (Lipinski definition) is 0. The van der Waals surface area contributed by atoms with E-state index in [9.17, 15) is 9.59 Å². The molecular weight excluding hydrogens is 448 g/mol. The molecular formula is C24H25ClN2O2S2. The zero-order chi connectivity index (χ0) is 22.6. The monoisotopic (exact) mass is 472 g/mol. The number of benzene rings is 2. The van der Waals surface area contributed by atoms with Crippen molar-refractivity contribution in [1.82, 2.24) is 9.80 Å². The van der Waals surface area contributed by atoms with Crippen molar-refractivity contribution in [2.75, 3.05) is 6.54 Å². The molecule has 2 aromatic rings.